The lowest BCUT2D eigenvalue weighted by atomic mass is 10.1. The molecule has 0 spiro atoms. The molecule has 2 aromatic carbocycles. The number of carbonyl (C=O) groups is 2. The van der Waals surface area contributed by atoms with Crippen LogP contribution in [0.3, 0.4) is 0 Å². The van der Waals surface area contributed by atoms with E-state index in [1.807, 2.05) is 6.92 Å². The average molecular weight is 514 g/mol. The van der Waals surface area contributed by atoms with E-state index in [2.05, 4.69) is 5.32 Å². The summed E-state index contributed by atoms with van der Waals surface area (Å²) in [4.78, 5) is 27.6. The third-order valence-electron chi connectivity index (χ3n) is 5.13. The number of sulfonamides is 1. The molecule has 0 aromatic heterocycles. The summed E-state index contributed by atoms with van der Waals surface area (Å²) >= 11 is 12.7. The topological polar surface area (TPSA) is 86.8 Å². The second-order valence-corrected chi connectivity index (χ2v) is 10.4. The second kappa shape index (κ2) is 11.7. The van der Waals surface area contributed by atoms with Crippen molar-refractivity contribution in [1.82, 2.24) is 10.2 Å². The van der Waals surface area contributed by atoms with Crippen LogP contribution in [0.15, 0.2) is 42.5 Å². The van der Waals surface area contributed by atoms with Crippen LogP contribution in [0, 0.1) is 6.92 Å². The fraction of sp³-hybridized carbons (Fsp3) is 0.391. The Morgan fingerprint density at radius 1 is 1.03 bits per heavy atom. The van der Waals surface area contributed by atoms with E-state index in [9.17, 15) is 18.0 Å². The maximum absolute atomic E-state index is 13.5. The van der Waals surface area contributed by atoms with Crippen molar-refractivity contribution in [3.63, 3.8) is 0 Å². The highest BCUT2D eigenvalue weighted by Crippen LogP contribution is 2.27. The predicted molar refractivity (Wildman–Crippen MR) is 133 cm³/mol. The van der Waals surface area contributed by atoms with Crippen LogP contribution in [0.1, 0.15) is 31.4 Å². The minimum absolute atomic E-state index is 0.0432. The van der Waals surface area contributed by atoms with Crippen molar-refractivity contribution in [2.45, 2.75) is 39.8 Å². The molecule has 0 saturated heterocycles. The maximum atomic E-state index is 13.5. The first-order valence-electron chi connectivity index (χ1n) is 10.5. The van der Waals surface area contributed by atoms with Crippen LogP contribution in [0.5, 0.6) is 0 Å². The van der Waals surface area contributed by atoms with Crippen molar-refractivity contribution in [2.75, 3.05) is 23.7 Å². The summed E-state index contributed by atoms with van der Waals surface area (Å²) < 4.78 is 26.1. The van der Waals surface area contributed by atoms with E-state index in [1.165, 1.54) is 4.90 Å². The van der Waals surface area contributed by atoms with Gasteiger partial charge in [-0.1, -0.05) is 53.9 Å². The minimum atomic E-state index is -3.78. The van der Waals surface area contributed by atoms with Crippen LogP contribution in [-0.4, -0.2) is 50.5 Å². The van der Waals surface area contributed by atoms with E-state index in [1.54, 1.807) is 56.3 Å². The Kier molecular flexibility index (Phi) is 9.57. The number of amides is 2. The van der Waals surface area contributed by atoms with E-state index in [4.69, 9.17) is 23.2 Å². The van der Waals surface area contributed by atoms with Gasteiger partial charge in [-0.15, -0.1) is 0 Å². The van der Waals surface area contributed by atoms with E-state index >= 15 is 0 Å². The molecule has 0 unspecified atom stereocenters. The second-order valence-electron chi connectivity index (χ2n) is 7.65. The monoisotopic (exact) mass is 513 g/mol. The molecule has 0 aliphatic carbocycles. The fourth-order valence-electron chi connectivity index (χ4n) is 3.39. The summed E-state index contributed by atoms with van der Waals surface area (Å²) in [6.07, 6.45) is 1.36. The molecule has 2 aromatic rings. The highest BCUT2D eigenvalue weighted by Gasteiger charge is 2.32. The molecule has 0 saturated carbocycles. The Balaban J connectivity index is 2.48. The van der Waals surface area contributed by atoms with Crippen LogP contribution in [0.25, 0.3) is 0 Å². The number of hydrogen-bond acceptors (Lipinski definition) is 4. The van der Waals surface area contributed by atoms with Crippen molar-refractivity contribution in [1.29, 1.82) is 0 Å². The number of halogens is 2. The number of benzene rings is 2. The lowest BCUT2D eigenvalue weighted by Crippen LogP contribution is -2.52. The van der Waals surface area contributed by atoms with Gasteiger partial charge in [0.05, 0.1) is 11.9 Å². The number of anilines is 1. The molecule has 2 rings (SSSR count). The zero-order valence-corrected chi connectivity index (χ0v) is 21.5. The van der Waals surface area contributed by atoms with Crippen LogP contribution < -0.4 is 9.62 Å². The Bertz CT molecular complexity index is 1070. The van der Waals surface area contributed by atoms with Gasteiger partial charge < -0.3 is 10.2 Å². The van der Waals surface area contributed by atoms with Gasteiger partial charge in [-0.25, -0.2) is 8.42 Å². The molecule has 0 bridgehead atoms. The van der Waals surface area contributed by atoms with Gasteiger partial charge in [0.15, 0.2) is 0 Å². The van der Waals surface area contributed by atoms with E-state index in [0.717, 1.165) is 16.1 Å². The highest BCUT2D eigenvalue weighted by atomic mass is 35.5. The summed E-state index contributed by atoms with van der Waals surface area (Å²) in [6, 6.07) is 11.0. The number of aryl methyl sites for hydroxylation is 1. The van der Waals surface area contributed by atoms with Crippen molar-refractivity contribution < 1.29 is 18.0 Å². The van der Waals surface area contributed by atoms with Crippen LogP contribution >= 0.6 is 23.2 Å². The van der Waals surface area contributed by atoms with Gasteiger partial charge in [0, 0.05) is 28.7 Å². The molecule has 7 nitrogen and oxygen atoms in total. The van der Waals surface area contributed by atoms with Crippen LogP contribution in [0.4, 0.5) is 5.69 Å². The third-order valence-corrected chi connectivity index (χ3v) is 6.98. The number of hydrogen-bond donors (Lipinski definition) is 1. The molecule has 0 heterocycles. The van der Waals surface area contributed by atoms with Crippen LogP contribution in [0.2, 0.25) is 10.0 Å². The lowest BCUT2D eigenvalue weighted by Gasteiger charge is -2.33. The first kappa shape index (κ1) is 27.0. The molecule has 2 amide bonds. The standard InChI is InChI=1S/C23H29Cl2N3O4S/c1-5-21(23(30)26-6-2)27(14-18-19(24)8-7-9-20(18)25)22(29)15-28(33(4,31)32)17-12-10-16(3)11-13-17/h7-13,21H,5-6,14-15H2,1-4H3,(H,26,30)/t21-/m0/s1. The lowest BCUT2D eigenvalue weighted by molar-refractivity contribution is -0.140. The molecule has 10 heteroatoms. The largest absolute Gasteiger partial charge is 0.355 e. The van der Waals surface area contributed by atoms with Crippen molar-refractivity contribution in [2.24, 2.45) is 0 Å². The molecule has 33 heavy (non-hydrogen) atoms. The van der Waals surface area contributed by atoms with Gasteiger partial charge in [-0.2, -0.15) is 0 Å². The highest BCUT2D eigenvalue weighted by molar-refractivity contribution is 7.92. The zero-order chi connectivity index (χ0) is 24.8. The summed E-state index contributed by atoms with van der Waals surface area (Å²) in [7, 11) is -3.78. The number of nitrogens with zero attached hydrogens (tertiary/aromatic N) is 2. The Morgan fingerprint density at radius 3 is 2.09 bits per heavy atom. The Labute approximate surface area is 205 Å². The van der Waals surface area contributed by atoms with Crippen molar-refractivity contribution in [3.8, 4) is 0 Å². The number of rotatable bonds is 10. The fourth-order valence-corrected chi connectivity index (χ4v) is 4.76. The summed E-state index contributed by atoms with van der Waals surface area (Å²) in [5.74, 6) is -0.882. The van der Waals surface area contributed by atoms with Gasteiger partial charge in [0.2, 0.25) is 21.8 Å². The normalized spacial score (nSPS) is 12.2. The SMILES string of the molecule is CCNC(=O)[C@H](CC)N(Cc1c(Cl)cccc1Cl)C(=O)CN(c1ccc(C)cc1)S(C)(=O)=O. The molecule has 0 fully saturated rings. The minimum Gasteiger partial charge on any atom is -0.355 e. The quantitative estimate of drug-likeness (QED) is 0.519. The van der Waals surface area contributed by atoms with Gasteiger partial charge in [-0.05, 0) is 44.5 Å². The summed E-state index contributed by atoms with van der Waals surface area (Å²) in [5, 5.41) is 3.44. The number of nitrogens with one attached hydrogen (secondary N) is 1. The van der Waals surface area contributed by atoms with Gasteiger partial charge in [0.25, 0.3) is 0 Å². The van der Waals surface area contributed by atoms with E-state index in [-0.39, 0.29) is 12.5 Å². The molecular formula is C23H29Cl2N3O4S. The zero-order valence-electron chi connectivity index (χ0n) is 19.1. The number of carbonyl (C=O) groups excluding carboxylic acids is 2. The van der Waals surface area contributed by atoms with E-state index in [0.29, 0.717) is 34.3 Å². The maximum Gasteiger partial charge on any atom is 0.244 e. The summed E-state index contributed by atoms with van der Waals surface area (Å²) in [6.45, 7) is 5.32. The van der Waals surface area contributed by atoms with Gasteiger partial charge >= 0.3 is 0 Å². The average Bonchev–Trinajstić information content (AvgIpc) is 2.74. The van der Waals surface area contributed by atoms with Crippen molar-refractivity contribution >= 4 is 50.7 Å². The van der Waals surface area contributed by atoms with Crippen LogP contribution in [-0.2, 0) is 26.2 Å². The smallest absolute Gasteiger partial charge is 0.244 e. The predicted octanol–water partition coefficient (Wildman–Crippen LogP) is 4.01. The van der Waals surface area contributed by atoms with Crippen molar-refractivity contribution in [3.05, 3.63) is 63.6 Å². The molecule has 0 aliphatic rings. The molecular weight excluding hydrogens is 485 g/mol. The Morgan fingerprint density at radius 2 is 1.61 bits per heavy atom. The molecule has 180 valence electrons. The molecule has 0 radical (unpaired) electrons. The Hall–Kier alpha value is -2.29. The van der Waals surface area contributed by atoms with E-state index < -0.39 is 28.5 Å². The molecule has 1 atom stereocenters. The first-order valence-corrected chi connectivity index (χ1v) is 13.1. The van der Waals surface area contributed by atoms with Gasteiger partial charge in [-0.3, -0.25) is 13.9 Å². The van der Waals surface area contributed by atoms with Gasteiger partial charge in [0.1, 0.15) is 12.6 Å². The molecule has 1 N–H and O–H groups in total. The number of likely N-dealkylation sites (N-methyl/N-ethyl adjacent to an activating group) is 1. The summed E-state index contributed by atoms with van der Waals surface area (Å²) in [5.41, 5.74) is 1.80. The molecule has 0 aliphatic heterocycles. The first-order chi connectivity index (χ1) is 15.5. The third kappa shape index (κ3) is 7.09.